The van der Waals surface area contributed by atoms with Gasteiger partial charge in [-0.25, -0.2) is 4.98 Å². The van der Waals surface area contributed by atoms with E-state index in [-0.39, 0.29) is 0 Å². The normalized spacial score (nSPS) is 16.5. The fourth-order valence-corrected chi connectivity index (χ4v) is 2.91. The maximum atomic E-state index is 4.47. The smallest absolute Gasteiger partial charge is 0.141 e. The van der Waals surface area contributed by atoms with Crippen LogP contribution in [0.1, 0.15) is 31.7 Å². The second kappa shape index (κ2) is 4.61. The number of imidazole rings is 1. The van der Waals surface area contributed by atoms with E-state index in [2.05, 4.69) is 42.7 Å². The molecule has 0 aromatic carbocycles. The van der Waals surface area contributed by atoms with Gasteiger partial charge in [0.2, 0.25) is 0 Å². The predicted molar refractivity (Wildman–Crippen MR) is 70.7 cm³/mol. The topological polar surface area (TPSA) is 30.7 Å². The monoisotopic (exact) mass is 291 g/mol. The van der Waals surface area contributed by atoms with Gasteiger partial charge in [0.15, 0.2) is 0 Å². The Morgan fingerprint density at radius 3 is 2.82 bits per heavy atom. The number of rotatable bonds is 2. The average Bonchev–Trinajstić information content (AvgIpc) is 3.00. The van der Waals surface area contributed by atoms with Crippen LogP contribution in [0.25, 0.3) is 11.4 Å². The quantitative estimate of drug-likeness (QED) is 0.842. The van der Waals surface area contributed by atoms with Crippen molar-refractivity contribution in [2.24, 2.45) is 0 Å². The van der Waals surface area contributed by atoms with Gasteiger partial charge in [0.1, 0.15) is 5.82 Å². The lowest BCUT2D eigenvalue weighted by Crippen LogP contribution is -2.05. The maximum Gasteiger partial charge on any atom is 0.141 e. The van der Waals surface area contributed by atoms with Crippen molar-refractivity contribution in [1.29, 1.82) is 0 Å². The van der Waals surface area contributed by atoms with E-state index in [1.165, 1.54) is 25.7 Å². The molecule has 2 aromatic rings. The van der Waals surface area contributed by atoms with E-state index in [0.29, 0.717) is 6.04 Å². The molecule has 0 unspecified atom stereocenters. The van der Waals surface area contributed by atoms with Crippen molar-refractivity contribution in [2.45, 2.75) is 31.7 Å². The first-order chi connectivity index (χ1) is 8.34. The van der Waals surface area contributed by atoms with Crippen LogP contribution in [0.4, 0.5) is 0 Å². The zero-order chi connectivity index (χ0) is 11.7. The third-order valence-corrected chi connectivity index (χ3v) is 3.78. The first-order valence-electron chi connectivity index (χ1n) is 5.98. The second-order valence-electron chi connectivity index (χ2n) is 4.49. The summed E-state index contributed by atoms with van der Waals surface area (Å²) in [7, 11) is 0. The van der Waals surface area contributed by atoms with Crippen LogP contribution in [-0.4, -0.2) is 14.5 Å². The van der Waals surface area contributed by atoms with Gasteiger partial charge in [-0.1, -0.05) is 12.8 Å². The molecule has 1 aliphatic rings. The van der Waals surface area contributed by atoms with E-state index in [4.69, 9.17) is 0 Å². The molecule has 1 saturated carbocycles. The molecule has 0 aliphatic heterocycles. The summed E-state index contributed by atoms with van der Waals surface area (Å²) >= 11 is 3.46. The fourth-order valence-electron chi connectivity index (χ4n) is 2.55. The molecule has 0 radical (unpaired) electrons. The Labute approximate surface area is 109 Å². The van der Waals surface area contributed by atoms with E-state index in [1.54, 1.807) is 6.20 Å². The fraction of sp³-hybridized carbons (Fsp3) is 0.385. The number of halogens is 1. The van der Waals surface area contributed by atoms with Gasteiger partial charge in [-0.3, -0.25) is 4.98 Å². The van der Waals surface area contributed by atoms with Gasteiger partial charge in [0, 0.05) is 40.9 Å². The third-order valence-electron chi connectivity index (χ3n) is 3.35. The molecule has 0 saturated heterocycles. The Bertz CT molecular complexity index is 515. The molecule has 1 aliphatic carbocycles. The molecular formula is C13H14BrN3. The van der Waals surface area contributed by atoms with Crippen molar-refractivity contribution in [1.82, 2.24) is 14.5 Å². The zero-order valence-electron chi connectivity index (χ0n) is 9.51. The summed E-state index contributed by atoms with van der Waals surface area (Å²) in [6, 6.07) is 2.69. The van der Waals surface area contributed by atoms with Crippen molar-refractivity contribution >= 4 is 15.9 Å². The van der Waals surface area contributed by atoms with Crippen LogP contribution in [0.5, 0.6) is 0 Å². The van der Waals surface area contributed by atoms with Crippen LogP contribution in [0.2, 0.25) is 0 Å². The van der Waals surface area contributed by atoms with Gasteiger partial charge in [-0.05, 0) is 34.8 Å². The Balaban J connectivity index is 2.00. The highest BCUT2D eigenvalue weighted by molar-refractivity contribution is 9.10. The number of nitrogens with zero attached hydrogens (tertiary/aromatic N) is 3. The minimum Gasteiger partial charge on any atom is -0.328 e. The summed E-state index contributed by atoms with van der Waals surface area (Å²) in [4.78, 5) is 8.68. The molecule has 3 nitrogen and oxygen atoms in total. The molecular weight excluding hydrogens is 278 g/mol. The maximum absolute atomic E-state index is 4.47. The lowest BCUT2D eigenvalue weighted by Gasteiger charge is -2.14. The summed E-state index contributed by atoms with van der Waals surface area (Å²) in [5, 5.41) is 0. The van der Waals surface area contributed by atoms with Crippen molar-refractivity contribution in [3.63, 3.8) is 0 Å². The molecule has 88 valence electrons. The Kier molecular flexibility index (Phi) is 2.97. The summed E-state index contributed by atoms with van der Waals surface area (Å²) in [6.45, 7) is 0. The highest BCUT2D eigenvalue weighted by Crippen LogP contribution is 2.33. The van der Waals surface area contributed by atoms with E-state index < -0.39 is 0 Å². The Hall–Kier alpha value is -1.16. The molecule has 3 rings (SSSR count). The van der Waals surface area contributed by atoms with Crippen molar-refractivity contribution in [3.05, 3.63) is 35.3 Å². The highest BCUT2D eigenvalue weighted by Gasteiger charge is 2.19. The number of aromatic nitrogens is 3. The third kappa shape index (κ3) is 2.14. The molecule has 17 heavy (non-hydrogen) atoms. The molecule has 2 aromatic heterocycles. The first-order valence-corrected chi connectivity index (χ1v) is 6.77. The van der Waals surface area contributed by atoms with Crippen LogP contribution in [0.3, 0.4) is 0 Å². The number of hydrogen-bond acceptors (Lipinski definition) is 2. The van der Waals surface area contributed by atoms with Crippen molar-refractivity contribution in [2.75, 3.05) is 0 Å². The van der Waals surface area contributed by atoms with Gasteiger partial charge in [-0.15, -0.1) is 0 Å². The summed E-state index contributed by atoms with van der Waals surface area (Å²) in [5.74, 6) is 1.03. The lowest BCUT2D eigenvalue weighted by atomic mass is 10.2. The standard InChI is InChI=1S/C13H14BrN3/c14-11-7-10(8-15-9-11)13-16-5-6-17(13)12-3-1-2-4-12/h5-9,12H,1-4H2. The van der Waals surface area contributed by atoms with E-state index in [0.717, 1.165) is 15.9 Å². The summed E-state index contributed by atoms with van der Waals surface area (Å²) < 4.78 is 3.30. The van der Waals surface area contributed by atoms with E-state index >= 15 is 0 Å². The van der Waals surface area contributed by atoms with Gasteiger partial charge in [-0.2, -0.15) is 0 Å². The number of hydrogen-bond donors (Lipinski definition) is 0. The number of pyridine rings is 1. The first kappa shape index (κ1) is 11.0. The van der Waals surface area contributed by atoms with Gasteiger partial charge in [0.25, 0.3) is 0 Å². The Morgan fingerprint density at radius 2 is 2.06 bits per heavy atom. The SMILES string of the molecule is Brc1cncc(-c2nccn2C2CCCC2)c1. The summed E-state index contributed by atoms with van der Waals surface area (Å²) in [5.41, 5.74) is 1.08. The predicted octanol–water partition coefficient (Wildman–Crippen LogP) is 3.82. The molecule has 0 N–H and O–H groups in total. The molecule has 0 atom stereocenters. The molecule has 4 heteroatoms. The van der Waals surface area contributed by atoms with Crippen LogP contribution >= 0.6 is 15.9 Å². The second-order valence-corrected chi connectivity index (χ2v) is 5.40. The van der Waals surface area contributed by atoms with E-state index in [1.807, 2.05) is 12.4 Å². The van der Waals surface area contributed by atoms with E-state index in [9.17, 15) is 0 Å². The van der Waals surface area contributed by atoms with Crippen molar-refractivity contribution in [3.8, 4) is 11.4 Å². The molecule has 0 spiro atoms. The highest BCUT2D eigenvalue weighted by atomic mass is 79.9. The average molecular weight is 292 g/mol. The Morgan fingerprint density at radius 1 is 1.24 bits per heavy atom. The minimum atomic E-state index is 0.617. The van der Waals surface area contributed by atoms with Crippen LogP contribution in [0.15, 0.2) is 35.3 Å². The van der Waals surface area contributed by atoms with Crippen molar-refractivity contribution < 1.29 is 0 Å². The lowest BCUT2D eigenvalue weighted by molar-refractivity contribution is 0.523. The minimum absolute atomic E-state index is 0.617. The van der Waals surface area contributed by atoms with Crippen LogP contribution in [0, 0.1) is 0 Å². The molecule has 2 heterocycles. The van der Waals surface area contributed by atoms with Gasteiger partial charge >= 0.3 is 0 Å². The van der Waals surface area contributed by atoms with Gasteiger partial charge in [0.05, 0.1) is 0 Å². The largest absolute Gasteiger partial charge is 0.328 e. The summed E-state index contributed by atoms with van der Waals surface area (Å²) in [6.07, 6.45) is 12.8. The van der Waals surface area contributed by atoms with Gasteiger partial charge < -0.3 is 4.57 Å². The molecule has 0 bridgehead atoms. The molecule has 1 fully saturated rings. The zero-order valence-corrected chi connectivity index (χ0v) is 11.1. The molecule has 0 amide bonds. The van der Waals surface area contributed by atoms with Crippen LogP contribution in [-0.2, 0) is 0 Å². The van der Waals surface area contributed by atoms with Crippen LogP contribution < -0.4 is 0 Å².